The van der Waals surface area contributed by atoms with Gasteiger partial charge in [0.05, 0.1) is 18.6 Å². The Hall–Kier alpha value is -1.67. The predicted octanol–water partition coefficient (Wildman–Crippen LogP) is 0.612. The van der Waals surface area contributed by atoms with Crippen LogP contribution >= 0.6 is 0 Å². The Kier molecular flexibility index (Phi) is 6.17. The van der Waals surface area contributed by atoms with Crippen LogP contribution in [0.2, 0.25) is 0 Å². The highest BCUT2D eigenvalue weighted by Crippen LogP contribution is 2.18. The summed E-state index contributed by atoms with van der Waals surface area (Å²) in [6.07, 6.45) is 0.637. The third-order valence-electron chi connectivity index (χ3n) is 4.20. The second-order valence-electron chi connectivity index (χ2n) is 6.02. The smallest absolute Gasteiger partial charge is 0.221 e. The molecule has 1 saturated heterocycles. The van der Waals surface area contributed by atoms with Gasteiger partial charge in [0.1, 0.15) is 0 Å². The van der Waals surface area contributed by atoms with Crippen molar-refractivity contribution in [2.75, 3.05) is 38.8 Å². The molecule has 1 atom stereocenters. The van der Waals surface area contributed by atoms with Gasteiger partial charge in [0.25, 0.3) is 0 Å². The number of carbonyl (C=O) groups excluding carboxylic acids is 1. The lowest BCUT2D eigenvalue weighted by molar-refractivity contribution is -0.122. The summed E-state index contributed by atoms with van der Waals surface area (Å²) in [5.74, 6) is -0.289. The molecule has 1 N–H and O–H groups in total. The van der Waals surface area contributed by atoms with Gasteiger partial charge in [-0.2, -0.15) is 0 Å². The summed E-state index contributed by atoms with van der Waals surface area (Å²) < 4.78 is 41.8. The molecule has 1 aromatic carbocycles. The molecule has 1 aromatic rings. The molecule has 0 bridgehead atoms. The van der Waals surface area contributed by atoms with E-state index < -0.39 is 15.7 Å². The zero-order valence-electron chi connectivity index (χ0n) is 13.9. The number of halogens is 1. The van der Waals surface area contributed by atoms with E-state index in [0.717, 1.165) is 5.56 Å². The van der Waals surface area contributed by atoms with Crippen molar-refractivity contribution in [3.63, 3.8) is 0 Å². The van der Waals surface area contributed by atoms with Gasteiger partial charge in [0, 0.05) is 25.6 Å². The molecule has 0 aliphatic carbocycles. The van der Waals surface area contributed by atoms with E-state index in [2.05, 4.69) is 5.32 Å². The minimum atomic E-state index is -3.06. The summed E-state index contributed by atoms with van der Waals surface area (Å²) in [5, 5.41) is 2.76. The second-order valence-corrected chi connectivity index (χ2v) is 8.25. The van der Waals surface area contributed by atoms with E-state index in [1.807, 2.05) is 11.9 Å². The molecule has 1 fully saturated rings. The lowest BCUT2D eigenvalue weighted by Crippen LogP contribution is -2.48. The topological polar surface area (TPSA) is 75.7 Å². The molecular formula is C16H23FN2O4S. The van der Waals surface area contributed by atoms with Crippen molar-refractivity contribution >= 4 is 15.7 Å². The lowest BCUT2D eigenvalue weighted by atomic mass is 10.1. The normalized spacial score (nSPS) is 20.5. The third kappa shape index (κ3) is 5.17. The fourth-order valence-corrected chi connectivity index (χ4v) is 4.37. The van der Waals surface area contributed by atoms with E-state index in [4.69, 9.17) is 4.74 Å². The van der Waals surface area contributed by atoms with E-state index in [-0.39, 0.29) is 35.6 Å². The first kappa shape index (κ1) is 18.7. The third-order valence-corrected chi connectivity index (χ3v) is 5.89. The van der Waals surface area contributed by atoms with Gasteiger partial charge in [-0.3, -0.25) is 4.79 Å². The Morgan fingerprint density at radius 2 is 2.21 bits per heavy atom. The number of nitrogens with zero attached hydrogens (tertiary/aromatic N) is 1. The lowest BCUT2D eigenvalue weighted by Gasteiger charge is -2.31. The number of amides is 1. The largest absolute Gasteiger partial charge is 0.494 e. The average Bonchev–Trinajstić information content (AvgIpc) is 2.51. The second kappa shape index (κ2) is 7.94. The molecule has 6 nitrogen and oxygen atoms in total. The van der Waals surface area contributed by atoms with Crippen molar-refractivity contribution in [2.45, 2.75) is 18.9 Å². The van der Waals surface area contributed by atoms with Gasteiger partial charge in [0.15, 0.2) is 21.4 Å². The van der Waals surface area contributed by atoms with Gasteiger partial charge >= 0.3 is 0 Å². The van der Waals surface area contributed by atoms with Crippen LogP contribution in [0.15, 0.2) is 18.2 Å². The fraction of sp³-hybridized carbons (Fsp3) is 0.562. The molecule has 2 rings (SSSR count). The average molecular weight is 358 g/mol. The van der Waals surface area contributed by atoms with Crippen LogP contribution in [0, 0.1) is 5.82 Å². The Morgan fingerprint density at radius 3 is 2.88 bits per heavy atom. The summed E-state index contributed by atoms with van der Waals surface area (Å²) in [7, 11) is 0.169. The van der Waals surface area contributed by atoms with E-state index in [0.29, 0.717) is 19.5 Å². The SMILES string of the molecule is COc1ccc(CCNC(=O)CC2CS(=O)(=O)CCN2C)cc1F. The number of ether oxygens (including phenoxy) is 1. The van der Waals surface area contributed by atoms with Crippen LogP contribution < -0.4 is 10.1 Å². The Labute approximate surface area is 141 Å². The first-order valence-corrected chi connectivity index (χ1v) is 9.62. The number of benzene rings is 1. The molecule has 1 aliphatic heterocycles. The highest BCUT2D eigenvalue weighted by molar-refractivity contribution is 7.91. The highest BCUT2D eigenvalue weighted by atomic mass is 32.2. The highest BCUT2D eigenvalue weighted by Gasteiger charge is 2.30. The van der Waals surface area contributed by atoms with Gasteiger partial charge in [0.2, 0.25) is 5.91 Å². The number of nitrogens with one attached hydrogen (secondary N) is 1. The van der Waals surface area contributed by atoms with Gasteiger partial charge in [-0.05, 0) is 31.2 Å². The molecule has 0 radical (unpaired) electrons. The number of sulfone groups is 1. The zero-order valence-corrected chi connectivity index (χ0v) is 14.7. The fourth-order valence-electron chi connectivity index (χ4n) is 2.68. The van der Waals surface area contributed by atoms with E-state index in [1.54, 1.807) is 12.1 Å². The maximum atomic E-state index is 13.6. The van der Waals surface area contributed by atoms with Crippen molar-refractivity contribution in [2.24, 2.45) is 0 Å². The van der Waals surface area contributed by atoms with Gasteiger partial charge in [-0.15, -0.1) is 0 Å². The van der Waals surface area contributed by atoms with Crippen LogP contribution in [0.1, 0.15) is 12.0 Å². The zero-order chi connectivity index (χ0) is 17.7. The molecule has 0 spiro atoms. The van der Waals surface area contributed by atoms with E-state index in [9.17, 15) is 17.6 Å². The standard InChI is InChI=1S/C16H23FN2O4S/c1-19-7-8-24(21,22)11-13(19)10-16(20)18-6-5-12-3-4-15(23-2)14(17)9-12/h3-4,9,13H,5-8,10-11H2,1-2H3,(H,18,20). The van der Waals surface area contributed by atoms with Gasteiger partial charge in [-0.1, -0.05) is 6.07 Å². The quantitative estimate of drug-likeness (QED) is 0.807. The molecule has 1 unspecified atom stereocenters. The number of methoxy groups -OCH3 is 1. The van der Waals surface area contributed by atoms with E-state index >= 15 is 0 Å². The monoisotopic (exact) mass is 358 g/mol. The number of hydrogen-bond donors (Lipinski definition) is 1. The Balaban J connectivity index is 1.80. The van der Waals surface area contributed by atoms with Gasteiger partial charge in [-0.25, -0.2) is 12.8 Å². The van der Waals surface area contributed by atoms with E-state index in [1.165, 1.54) is 13.2 Å². The number of hydrogen-bond acceptors (Lipinski definition) is 5. The molecule has 24 heavy (non-hydrogen) atoms. The van der Waals surface area contributed by atoms with Crippen molar-refractivity contribution in [1.82, 2.24) is 10.2 Å². The van der Waals surface area contributed by atoms with Crippen LogP contribution in [0.4, 0.5) is 4.39 Å². The first-order chi connectivity index (χ1) is 11.3. The summed E-state index contributed by atoms with van der Waals surface area (Å²) in [4.78, 5) is 13.9. The molecule has 8 heteroatoms. The molecule has 1 aliphatic rings. The van der Waals surface area contributed by atoms with Crippen molar-refractivity contribution in [3.8, 4) is 5.75 Å². The molecule has 1 heterocycles. The maximum Gasteiger partial charge on any atom is 0.221 e. The number of carbonyl (C=O) groups is 1. The molecular weight excluding hydrogens is 335 g/mol. The van der Waals surface area contributed by atoms with Gasteiger partial charge < -0.3 is 15.0 Å². The summed E-state index contributed by atoms with van der Waals surface area (Å²) in [6.45, 7) is 0.819. The van der Waals surface area contributed by atoms with Crippen molar-refractivity contribution in [3.05, 3.63) is 29.6 Å². The Bertz CT molecular complexity index is 693. The minimum absolute atomic E-state index is 0.0145. The maximum absolute atomic E-state index is 13.6. The molecule has 1 amide bonds. The Morgan fingerprint density at radius 1 is 1.46 bits per heavy atom. The van der Waals surface area contributed by atoms with Crippen molar-refractivity contribution < 1.29 is 22.3 Å². The first-order valence-electron chi connectivity index (χ1n) is 7.80. The number of rotatable bonds is 6. The summed E-state index contributed by atoms with van der Waals surface area (Å²) >= 11 is 0. The minimum Gasteiger partial charge on any atom is -0.494 e. The molecule has 134 valence electrons. The van der Waals surface area contributed by atoms with Crippen LogP contribution in [0.3, 0.4) is 0 Å². The van der Waals surface area contributed by atoms with Crippen LogP contribution in [-0.2, 0) is 21.1 Å². The van der Waals surface area contributed by atoms with Crippen LogP contribution in [0.25, 0.3) is 0 Å². The molecule has 0 aromatic heterocycles. The summed E-state index contributed by atoms with van der Waals surface area (Å²) in [5.41, 5.74) is 0.756. The summed E-state index contributed by atoms with van der Waals surface area (Å²) in [6, 6.07) is 4.39. The predicted molar refractivity (Wildman–Crippen MR) is 89.4 cm³/mol. The van der Waals surface area contributed by atoms with Crippen LogP contribution in [-0.4, -0.2) is 64.0 Å². The molecule has 0 saturated carbocycles. The van der Waals surface area contributed by atoms with Crippen LogP contribution in [0.5, 0.6) is 5.75 Å². The van der Waals surface area contributed by atoms with Crippen molar-refractivity contribution in [1.29, 1.82) is 0 Å².